The van der Waals surface area contributed by atoms with Gasteiger partial charge in [-0.25, -0.2) is 0 Å². The molecule has 2 heteroatoms. The molecular formula is C18H20ClN. The lowest BCUT2D eigenvalue weighted by molar-refractivity contribution is 0.479. The van der Waals surface area contributed by atoms with Crippen molar-refractivity contribution in [3.8, 4) is 0 Å². The minimum absolute atomic E-state index is 0.478. The first-order valence-electron chi connectivity index (χ1n) is 7.27. The molecular weight excluding hydrogens is 266 g/mol. The van der Waals surface area contributed by atoms with Crippen LogP contribution in [-0.2, 0) is 6.54 Å². The van der Waals surface area contributed by atoms with Gasteiger partial charge in [0.15, 0.2) is 0 Å². The normalized spacial score (nSPS) is 16.1. The van der Waals surface area contributed by atoms with E-state index in [9.17, 15) is 0 Å². The van der Waals surface area contributed by atoms with Crippen LogP contribution < -0.4 is 5.32 Å². The lowest BCUT2D eigenvalue weighted by atomic mass is 10.0. The van der Waals surface area contributed by atoms with Gasteiger partial charge in [0.2, 0.25) is 0 Å². The molecule has 1 unspecified atom stereocenters. The molecule has 20 heavy (non-hydrogen) atoms. The molecule has 0 aromatic heterocycles. The standard InChI is InChI=1S/C18H20ClN/c1-13-11-17(19)10-9-16(13)12-20-18(15-7-8-15)14-5-3-2-4-6-14/h2-6,9-11,15,18,20H,7-8,12H2,1H3. The molecule has 1 N–H and O–H groups in total. The maximum absolute atomic E-state index is 6.02. The van der Waals surface area contributed by atoms with Crippen molar-refractivity contribution in [1.82, 2.24) is 5.32 Å². The van der Waals surface area contributed by atoms with Gasteiger partial charge >= 0.3 is 0 Å². The molecule has 0 heterocycles. The SMILES string of the molecule is Cc1cc(Cl)ccc1CNC(c1ccccc1)C1CC1. The predicted octanol–water partition coefficient (Wildman–Crippen LogP) is 4.89. The highest BCUT2D eigenvalue weighted by atomic mass is 35.5. The summed E-state index contributed by atoms with van der Waals surface area (Å²) in [5.41, 5.74) is 3.99. The fraction of sp³-hybridized carbons (Fsp3) is 0.333. The molecule has 0 aliphatic heterocycles. The monoisotopic (exact) mass is 285 g/mol. The largest absolute Gasteiger partial charge is 0.306 e. The second-order valence-corrected chi connectivity index (χ2v) is 6.11. The molecule has 1 fully saturated rings. The Bertz CT molecular complexity index is 575. The van der Waals surface area contributed by atoms with Crippen molar-refractivity contribution in [1.29, 1.82) is 0 Å². The lowest BCUT2D eigenvalue weighted by Gasteiger charge is -2.19. The number of benzene rings is 2. The van der Waals surface area contributed by atoms with E-state index in [1.807, 2.05) is 12.1 Å². The summed E-state index contributed by atoms with van der Waals surface area (Å²) in [6.45, 7) is 3.02. The molecule has 0 amide bonds. The fourth-order valence-corrected chi connectivity index (χ4v) is 2.95. The predicted molar refractivity (Wildman–Crippen MR) is 84.9 cm³/mol. The van der Waals surface area contributed by atoms with Gasteiger partial charge in [-0.1, -0.05) is 48.0 Å². The molecule has 2 aromatic rings. The van der Waals surface area contributed by atoms with E-state index in [-0.39, 0.29) is 0 Å². The van der Waals surface area contributed by atoms with Crippen LogP contribution in [-0.4, -0.2) is 0 Å². The molecule has 1 aliphatic carbocycles. The van der Waals surface area contributed by atoms with Gasteiger partial charge in [0, 0.05) is 17.6 Å². The molecule has 0 bridgehead atoms. The van der Waals surface area contributed by atoms with Crippen LogP contribution in [0.3, 0.4) is 0 Å². The summed E-state index contributed by atoms with van der Waals surface area (Å²) in [5, 5.41) is 4.54. The quantitative estimate of drug-likeness (QED) is 0.825. The molecule has 104 valence electrons. The summed E-state index contributed by atoms with van der Waals surface area (Å²) < 4.78 is 0. The third-order valence-corrected chi connectivity index (χ3v) is 4.30. The van der Waals surface area contributed by atoms with E-state index in [0.29, 0.717) is 6.04 Å². The summed E-state index contributed by atoms with van der Waals surface area (Å²) in [7, 11) is 0. The van der Waals surface area contributed by atoms with Crippen molar-refractivity contribution in [3.05, 3.63) is 70.2 Å². The third kappa shape index (κ3) is 3.23. The lowest BCUT2D eigenvalue weighted by Crippen LogP contribution is -2.23. The average molecular weight is 286 g/mol. The number of rotatable bonds is 5. The topological polar surface area (TPSA) is 12.0 Å². The van der Waals surface area contributed by atoms with Gasteiger partial charge in [0.25, 0.3) is 0 Å². The molecule has 2 aromatic carbocycles. The fourth-order valence-electron chi connectivity index (χ4n) is 2.72. The van der Waals surface area contributed by atoms with Crippen LogP contribution in [0.25, 0.3) is 0 Å². The summed E-state index contributed by atoms with van der Waals surface area (Å²) in [6.07, 6.45) is 2.68. The minimum atomic E-state index is 0.478. The Morgan fingerprint density at radius 2 is 1.90 bits per heavy atom. The maximum Gasteiger partial charge on any atom is 0.0408 e. The molecule has 1 nitrogen and oxygen atoms in total. The van der Waals surface area contributed by atoms with Gasteiger partial charge in [-0.2, -0.15) is 0 Å². The zero-order valence-electron chi connectivity index (χ0n) is 11.8. The third-order valence-electron chi connectivity index (χ3n) is 4.07. The Balaban J connectivity index is 1.72. The van der Waals surface area contributed by atoms with Gasteiger partial charge < -0.3 is 5.32 Å². The molecule has 0 radical (unpaired) electrons. The minimum Gasteiger partial charge on any atom is -0.306 e. The van der Waals surface area contributed by atoms with Gasteiger partial charge in [-0.3, -0.25) is 0 Å². The molecule has 1 atom stereocenters. The second kappa shape index (κ2) is 5.99. The van der Waals surface area contributed by atoms with Crippen molar-refractivity contribution in [3.63, 3.8) is 0 Å². The zero-order chi connectivity index (χ0) is 13.9. The Labute approximate surface area is 126 Å². The summed E-state index contributed by atoms with van der Waals surface area (Å²) in [4.78, 5) is 0. The summed E-state index contributed by atoms with van der Waals surface area (Å²) in [5.74, 6) is 0.796. The van der Waals surface area contributed by atoms with Gasteiger partial charge in [0.05, 0.1) is 0 Å². The van der Waals surface area contributed by atoms with Crippen molar-refractivity contribution in [2.75, 3.05) is 0 Å². The first kappa shape index (κ1) is 13.7. The molecule has 1 saturated carbocycles. The molecule has 3 rings (SSSR count). The maximum atomic E-state index is 6.02. The van der Waals surface area contributed by atoms with E-state index >= 15 is 0 Å². The van der Waals surface area contributed by atoms with E-state index in [0.717, 1.165) is 17.5 Å². The number of hydrogen-bond donors (Lipinski definition) is 1. The first-order valence-corrected chi connectivity index (χ1v) is 7.65. The van der Waals surface area contributed by atoms with Crippen molar-refractivity contribution >= 4 is 11.6 Å². The summed E-state index contributed by atoms with van der Waals surface area (Å²) in [6, 6.07) is 17.4. The summed E-state index contributed by atoms with van der Waals surface area (Å²) >= 11 is 6.02. The van der Waals surface area contributed by atoms with Crippen molar-refractivity contribution in [2.45, 2.75) is 32.4 Å². The van der Waals surface area contributed by atoms with Crippen LogP contribution in [0.5, 0.6) is 0 Å². The van der Waals surface area contributed by atoms with Crippen LogP contribution in [0.1, 0.15) is 35.6 Å². The molecule has 1 aliphatic rings. The van der Waals surface area contributed by atoms with E-state index in [4.69, 9.17) is 11.6 Å². The van der Waals surface area contributed by atoms with E-state index in [1.165, 1.54) is 29.5 Å². The molecule has 0 saturated heterocycles. The average Bonchev–Trinajstić information content (AvgIpc) is 3.27. The van der Waals surface area contributed by atoms with Gasteiger partial charge in [-0.15, -0.1) is 0 Å². The Kier molecular flexibility index (Phi) is 4.09. The smallest absolute Gasteiger partial charge is 0.0408 e. The Morgan fingerprint density at radius 3 is 2.55 bits per heavy atom. The highest BCUT2D eigenvalue weighted by molar-refractivity contribution is 6.30. The number of halogens is 1. The van der Waals surface area contributed by atoms with Crippen LogP contribution in [0.4, 0.5) is 0 Å². The highest BCUT2D eigenvalue weighted by Gasteiger charge is 2.31. The van der Waals surface area contributed by atoms with Gasteiger partial charge in [-0.05, 0) is 54.5 Å². The number of nitrogens with one attached hydrogen (secondary N) is 1. The first-order chi connectivity index (χ1) is 9.74. The van der Waals surface area contributed by atoms with E-state index in [1.54, 1.807) is 0 Å². The van der Waals surface area contributed by atoms with Crippen LogP contribution in [0, 0.1) is 12.8 Å². The highest BCUT2D eigenvalue weighted by Crippen LogP contribution is 2.41. The zero-order valence-corrected chi connectivity index (χ0v) is 12.5. The van der Waals surface area contributed by atoms with Gasteiger partial charge in [0.1, 0.15) is 0 Å². The Hall–Kier alpha value is -1.31. The van der Waals surface area contributed by atoms with Crippen LogP contribution in [0.15, 0.2) is 48.5 Å². The second-order valence-electron chi connectivity index (χ2n) is 5.68. The van der Waals surface area contributed by atoms with Crippen LogP contribution >= 0.6 is 11.6 Å². The van der Waals surface area contributed by atoms with Crippen LogP contribution in [0.2, 0.25) is 5.02 Å². The number of aryl methyl sites for hydroxylation is 1. The number of hydrogen-bond acceptors (Lipinski definition) is 1. The van der Waals surface area contributed by atoms with Crippen molar-refractivity contribution < 1.29 is 0 Å². The Morgan fingerprint density at radius 1 is 1.15 bits per heavy atom. The van der Waals surface area contributed by atoms with Crippen molar-refractivity contribution in [2.24, 2.45) is 5.92 Å². The van der Waals surface area contributed by atoms with E-state index < -0.39 is 0 Å². The van der Waals surface area contributed by atoms with E-state index in [2.05, 4.69) is 48.6 Å². The molecule has 0 spiro atoms.